The largest absolute Gasteiger partial charge is 0.308 e. The molecule has 0 bridgehead atoms. The molecule has 0 saturated heterocycles. The highest BCUT2D eigenvalue weighted by molar-refractivity contribution is 6.13. The first-order valence-corrected chi connectivity index (χ1v) is 12.3. The maximum atomic E-state index is 2.62. The van der Waals surface area contributed by atoms with Crippen LogP contribution in [0.3, 0.4) is 0 Å². The van der Waals surface area contributed by atoms with Gasteiger partial charge in [-0.05, 0) is 74.2 Å². The zero-order valence-electron chi connectivity index (χ0n) is 18.7. The summed E-state index contributed by atoms with van der Waals surface area (Å²) in [7, 11) is 0. The second-order valence-electron chi connectivity index (χ2n) is 10.1. The number of fused-ring (bicyclic) bond motifs is 13. The standard InChI is InChI=1S/C33H21N/c1-3-9-22-20(8-1)16-28-24(22)14-13-21-17-29-26-15-19-7-2-4-10-23(19)27(26)18-30-25-11-5-6-12-31(25)34(32(21)28)33(29)30/h1-14,18H,15-17H2. The number of rotatable bonds is 0. The average molecular weight is 432 g/mol. The molecule has 1 nitrogen and oxygen atoms in total. The van der Waals surface area contributed by atoms with Gasteiger partial charge in [-0.1, -0.05) is 78.9 Å². The quantitative estimate of drug-likeness (QED) is 0.231. The maximum Gasteiger partial charge on any atom is 0.0580 e. The van der Waals surface area contributed by atoms with Crippen molar-refractivity contribution >= 4 is 21.8 Å². The number of hydrogen-bond acceptors (Lipinski definition) is 0. The topological polar surface area (TPSA) is 4.93 Å². The molecule has 0 N–H and O–H groups in total. The predicted octanol–water partition coefficient (Wildman–Crippen LogP) is 7.83. The molecule has 0 amide bonds. The van der Waals surface area contributed by atoms with Gasteiger partial charge in [0.15, 0.2) is 0 Å². The molecule has 1 aromatic heterocycles. The monoisotopic (exact) mass is 431 g/mol. The molecule has 0 unspecified atom stereocenters. The molecule has 6 aromatic rings. The minimum atomic E-state index is 1.02. The fraction of sp³-hybridized carbons (Fsp3) is 0.0909. The molecule has 0 saturated carbocycles. The van der Waals surface area contributed by atoms with Crippen molar-refractivity contribution in [3.63, 3.8) is 0 Å². The predicted molar refractivity (Wildman–Crippen MR) is 140 cm³/mol. The molecule has 0 spiro atoms. The number of hydrogen-bond donors (Lipinski definition) is 0. The maximum absolute atomic E-state index is 2.62. The lowest BCUT2D eigenvalue weighted by Gasteiger charge is -2.25. The van der Waals surface area contributed by atoms with E-state index in [2.05, 4.69) is 95.6 Å². The van der Waals surface area contributed by atoms with E-state index in [1.807, 2.05) is 0 Å². The summed E-state index contributed by atoms with van der Waals surface area (Å²) in [6.07, 6.45) is 3.08. The fourth-order valence-corrected chi connectivity index (χ4v) is 7.09. The Bertz CT molecular complexity index is 1880. The molecule has 0 atom stereocenters. The van der Waals surface area contributed by atoms with Crippen LogP contribution in [0.4, 0.5) is 0 Å². The molecular weight excluding hydrogens is 410 g/mol. The second-order valence-corrected chi connectivity index (χ2v) is 10.1. The lowest BCUT2D eigenvalue weighted by atomic mass is 9.88. The van der Waals surface area contributed by atoms with Crippen LogP contribution in [0, 0.1) is 0 Å². The first kappa shape index (κ1) is 17.4. The van der Waals surface area contributed by atoms with Gasteiger partial charge in [0.1, 0.15) is 0 Å². The van der Waals surface area contributed by atoms with Gasteiger partial charge in [0.05, 0.1) is 16.7 Å². The molecule has 5 aromatic carbocycles. The van der Waals surface area contributed by atoms with Gasteiger partial charge in [-0.25, -0.2) is 0 Å². The van der Waals surface area contributed by atoms with Crippen molar-refractivity contribution in [3.8, 4) is 27.9 Å². The van der Waals surface area contributed by atoms with E-state index in [0.717, 1.165) is 19.3 Å². The molecule has 3 aliphatic rings. The molecule has 9 rings (SSSR count). The highest BCUT2D eigenvalue weighted by atomic mass is 15.0. The molecule has 1 heteroatoms. The average Bonchev–Trinajstić information content (AvgIpc) is 3.55. The van der Waals surface area contributed by atoms with Gasteiger partial charge in [-0.3, -0.25) is 0 Å². The minimum absolute atomic E-state index is 1.02. The van der Waals surface area contributed by atoms with Crippen LogP contribution in [0.1, 0.15) is 33.4 Å². The summed E-state index contributed by atoms with van der Waals surface area (Å²) in [6, 6.07) is 34.2. The van der Waals surface area contributed by atoms with E-state index in [0.29, 0.717) is 0 Å². The van der Waals surface area contributed by atoms with Crippen LogP contribution in [0.5, 0.6) is 0 Å². The number of benzene rings is 5. The number of nitrogens with zero attached hydrogens (tertiary/aromatic N) is 1. The molecule has 0 fully saturated rings. The smallest absolute Gasteiger partial charge is 0.0580 e. The number of para-hydroxylation sites is 1. The Morgan fingerprint density at radius 1 is 0.471 bits per heavy atom. The summed E-state index contributed by atoms with van der Waals surface area (Å²) in [5.41, 5.74) is 18.8. The zero-order valence-corrected chi connectivity index (χ0v) is 18.7. The third kappa shape index (κ3) is 1.94. The zero-order chi connectivity index (χ0) is 22.0. The van der Waals surface area contributed by atoms with Gasteiger partial charge in [0, 0.05) is 23.6 Å². The summed E-state index contributed by atoms with van der Waals surface area (Å²) in [5, 5.41) is 2.77. The second kappa shape index (κ2) is 5.87. The van der Waals surface area contributed by atoms with Crippen LogP contribution in [-0.2, 0) is 19.3 Å². The summed E-state index contributed by atoms with van der Waals surface area (Å²) in [6.45, 7) is 0. The summed E-state index contributed by atoms with van der Waals surface area (Å²) < 4.78 is 2.62. The summed E-state index contributed by atoms with van der Waals surface area (Å²) in [5.74, 6) is 0. The van der Waals surface area contributed by atoms with Crippen molar-refractivity contribution in [1.29, 1.82) is 0 Å². The van der Waals surface area contributed by atoms with E-state index < -0.39 is 0 Å². The number of aromatic nitrogens is 1. The molecular formula is C33H21N. The van der Waals surface area contributed by atoms with Gasteiger partial charge in [0.2, 0.25) is 0 Å². The van der Waals surface area contributed by atoms with Crippen LogP contribution in [0.15, 0.2) is 91.0 Å². The van der Waals surface area contributed by atoms with Gasteiger partial charge in [-0.2, -0.15) is 0 Å². The van der Waals surface area contributed by atoms with Crippen LogP contribution in [0.25, 0.3) is 49.7 Å². The lowest BCUT2D eigenvalue weighted by molar-refractivity contribution is 1.00. The van der Waals surface area contributed by atoms with Crippen molar-refractivity contribution in [2.24, 2.45) is 0 Å². The highest BCUT2D eigenvalue weighted by Gasteiger charge is 2.32. The Morgan fingerprint density at radius 3 is 2.00 bits per heavy atom. The van der Waals surface area contributed by atoms with E-state index in [9.17, 15) is 0 Å². The van der Waals surface area contributed by atoms with Gasteiger partial charge in [0.25, 0.3) is 0 Å². The van der Waals surface area contributed by atoms with Crippen LogP contribution in [0.2, 0.25) is 0 Å². The third-order valence-corrected chi connectivity index (χ3v) is 8.48. The van der Waals surface area contributed by atoms with Crippen molar-refractivity contribution < 1.29 is 0 Å². The molecule has 0 radical (unpaired) electrons. The van der Waals surface area contributed by atoms with E-state index in [1.165, 1.54) is 83.1 Å². The van der Waals surface area contributed by atoms with Crippen molar-refractivity contribution in [2.75, 3.05) is 0 Å². The van der Waals surface area contributed by atoms with E-state index in [4.69, 9.17) is 0 Å². The van der Waals surface area contributed by atoms with Crippen LogP contribution < -0.4 is 0 Å². The van der Waals surface area contributed by atoms with E-state index >= 15 is 0 Å². The molecule has 1 aliphatic heterocycles. The normalized spacial score (nSPS) is 14.1. The molecule has 2 heterocycles. The summed E-state index contributed by atoms with van der Waals surface area (Å²) >= 11 is 0. The lowest BCUT2D eigenvalue weighted by Crippen LogP contribution is -2.12. The van der Waals surface area contributed by atoms with Gasteiger partial charge < -0.3 is 4.57 Å². The molecule has 2 aliphatic carbocycles. The van der Waals surface area contributed by atoms with Crippen molar-refractivity contribution in [2.45, 2.75) is 19.3 Å². The first-order valence-electron chi connectivity index (χ1n) is 12.3. The fourth-order valence-electron chi connectivity index (χ4n) is 7.09. The van der Waals surface area contributed by atoms with E-state index in [-0.39, 0.29) is 0 Å². The van der Waals surface area contributed by atoms with Crippen LogP contribution in [-0.4, -0.2) is 4.57 Å². The Balaban J connectivity index is 1.44. The van der Waals surface area contributed by atoms with Crippen molar-refractivity contribution in [3.05, 3.63) is 124 Å². The van der Waals surface area contributed by atoms with Crippen LogP contribution >= 0.6 is 0 Å². The Kier molecular flexibility index (Phi) is 3.00. The Labute approximate surface area is 197 Å². The minimum Gasteiger partial charge on any atom is -0.308 e. The van der Waals surface area contributed by atoms with Crippen molar-refractivity contribution in [1.82, 2.24) is 4.57 Å². The molecule has 158 valence electrons. The molecule has 34 heavy (non-hydrogen) atoms. The SMILES string of the molecule is c1ccc2c(c1)Cc1c-2ccc2c1-n1c3ccccc3c3cc4c(c(c31)C2)Cc1ccccc1-4. The third-order valence-electron chi connectivity index (χ3n) is 8.48. The highest BCUT2D eigenvalue weighted by Crippen LogP contribution is 2.50. The summed E-state index contributed by atoms with van der Waals surface area (Å²) in [4.78, 5) is 0. The van der Waals surface area contributed by atoms with E-state index in [1.54, 1.807) is 0 Å². The van der Waals surface area contributed by atoms with Gasteiger partial charge >= 0.3 is 0 Å². The first-order chi connectivity index (χ1) is 16.9. The van der Waals surface area contributed by atoms with Gasteiger partial charge in [-0.15, -0.1) is 0 Å². The Morgan fingerprint density at radius 2 is 1.15 bits per heavy atom. The Hall–Kier alpha value is -4.10.